The second kappa shape index (κ2) is 6.09. The SMILES string of the molecule is C=C(C)CCC(N)Cc1cccc(Br)c1. The van der Waals surface area contributed by atoms with Crippen LogP contribution >= 0.6 is 15.9 Å². The second-order valence-corrected chi connectivity index (χ2v) is 5.01. The predicted molar refractivity (Wildman–Crippen MR) is 69.9 cm³/mol. The van der Waals surface area contributed by atoms with Crippen LogP contribution in [0.5, 0.6) is 0 Å². The van der Waals surface area contributed by atoms with Gasteiger partial charge in [-0.2, -0.15) is 0 Å². The lowest BCUT2D eigenvalue weighted by atomic mass is 10.0. The van der Waals surface area contributed by atoms with E-state index in [0.29, 0.717) is 0 Å². The highest BCUT2D eigenvalue weighted by Crippen LogP contribution is 2.14. The molecule has 1 nitrogen and oxygen atoms in total. The van der Waals surface area contributed by atoms with Crippen LogP contribution in [-0.2, 0) is 6.42 Å². The van der Waals surface area contributed by atoms with Crippen LogP contribution in [0.1, 0.15) is 25.3 Å². The van der Waals surface area contributed by atoms with Gasteiger partial charge in [-0.3, -0.25) is 0 Å². The second-order valence-electron chi connectivity index (χ2n) is 4.09. The first-order valence-electron chi connectivity index (χ1n) is 5.22. The molecule has 0 aliphatic carbocycles. The minimum absolute atomic E-state index is 0.232. The van der Waals surface area contributed by atoms with Gasteiger partial charge in [-0.15, -0.1) is 6.58 Å². The molecule has 82 valence electrons. The van der Waals surface area contributed by atoms with Crippen LogP contribution in [0.4, 0.5) is 0 Å². The summed E-state index contributed by atoms with van der Waals surface area (Å²) >= 11 is 3.46. The van der Waals surface area contributed by atoms with Gasteiger partial charge in [0.2, 0.25) is 0 Å². The van der Waals surface area contributed by atoms with E-state index in [4.69, 9.17) is 5.73 Å². The lowest BCUT2D eigenvalue weighted by molar-refractivity contribution is 0.609. The van der Waals surface area contributed by atoms with Crippen molar-refractivity contribution in [3.05, 3.63) is 46.5 Å². The maximum atomic E-state index is 6.05. The quantitative estimate of drug-likeness (QED) is 0.810. The average Bonchev–Trinajstić information content (AvgIpc) is 2.15. The molecule has 15 heavy (non-hydrogen) atoms. The molecule has 0 bridgehead atoms. The minimum atomic E-state index is 0.232. The normalized spacial score (nSPS) is 12.5. The maximum absolute atomic E-state index is 6.05. The molecule has 1 rings (SSSR count). The third-order valence-electron chi connectivity index (χ3n) is 2.33. The van der Waals surface area contributed by atoms with Crippen LogP contribution < -0.4 is 5.73 Å². The van der Waals surface area contributed by atoms with Gasteiger partial charge in [0.05, 0.1) is 0 Å². The van der Waals surface area contributed by atoms with Crippen molar-refractivity contribution in [3.63, 3.8) is 0 Å². The van der Waals surface area contributed by atoms with Crippen molar-refractivity contribution >= 4 is 15.9 Å². The molecule has 2 heteroatoms. The fourth-order valence-corrected chi connectivity index (χ4v) is 1.95. The molecular formula is C13H18BrN. The van der Waals surface area contributed by atoms with Crippen molar-refractivity contribution in [2.45, 2.75) is 32.2 Å². The summed E-state index contributed by atoms with van der Waals surface area (Å²) < 4.78 is 1.12. The van der Waals surface area contributed by atoms with Crippen molar-refractivity contribution in [2.24, 2.45) is 5.73 Å². The van der Waals surface area contributed by atoms with Gasteiger partial charge in [0.1, 0.15) is 0 Å². The Morgan fingerprint density at radius 2 is 2.27 bits per heavy atom. The van der Waals surface area contributed by atoms with Crippen molar-refractivity contribution in [3.8, 4) is 0 Å². The third-order valence-corrected chi connectivity index (χ3v) is 2.82. The monoisotopic (exact) mass is 267 g/mol. The van der Waals surface area contributed by atoms with Crippen LogP contribution in [0.15, 0.2) is 40.9 Å². The molecule has 0 saturated carbocycles. The van der Waals surface area contributed by atoms with Crippen molar-refractivity contribution in [2.75, 3.05) is 0 Å². The summed E-state index contributed by atoms with van der Waals surface area (Å²) in [6, 6.07) is 8.55. The molecule has 0 heterocycles. The van der Waals surface area contributed by atoms with Gasteiger partial charge in [0, 0.05) is 10.5 Å². The van der Waals surface area contributed by atoms with Gasteiger partial charge in [-0.25, -0.2) is 0 Å². The minimum Gasteiger partial charge on any atom is -0.327 e. The number of hydrogen-bond acceptors (Lipinski definition) is 1. The summed E-state index contributed by atoms with van der Waals surface area (Å²) in [5, 5.41) is 0. The zero-order valence-electron chi connectivity index (χ0n) is 9.17. The first-order valence-corrected chi connectivity index (χ1v) is 6.01. The van der Waals surface area contributed by atoms with E-state index >= 15 is 0 Å². The first kappa shape index (κ1) is 12.5. The van der Waals surface area contributed by atoms with Gasteiger partial charge >= 0.3 is 0 Å². The number of halogens is 1. The molecule has 0 saturated heterocycles. The Morgan fingerprint density at radius 3 is 2.87 bits per heavy atom. The molecule has 1 atom stereocenters. The highest BCUT2D eigenvalue weighted by Gasteiger charge is 2.04. The average molecular weight is 268 g/mol. The predicted octanol–water partition coefficient (Wildman–Crippen LogP) is 3.68. The van der Waals surface area contributed by atoms with Gasteiger partial charge in [-0.05, 0) is 43.9 Å². The molecule has 0 amide bonds. The Balaban J connectivity index is 2.44. The van der Waals surface area contributed by atoms with E-state index in [1.165, 1.54) is 11.1 Å². The van der Waals surface area contributed by atoms with Crippen LogP contribution in [0.2, 0.25) is 0 Å². The number of hydrogen-bond donors (Lipinski definition) is 1. The van der Waals surface area contributed by atoms with Crippen molar-refractivity contribution in [1.82, 2.24) is 0 Å². The molecule has 2 N–H and O–H groups in total. The van der Waals surface area contributed by atoms with Crippen molar-refractivity contribution < 1.29 is 0 Å². The summed E-state index contributed by atoms with van der Waals surface area (Å²) in [7, 11) is 0. The third kappa shape index (κ3) is 5.14. The van der Waals surface area contributed by atoms with Gasteiger partial charge < -0.3 is 5.73 Å². The van der Waals surface area contributed by atoms with Gasteiger partial charge in [0.15, 0.2) is 0 Å². The van der Waals surface area contributed by atoms with Gasteiger partial charge in [-0.1, -0.05) is 33.6 Å². The number of benzene rings is 1. The van der Waals surface area contributed by atoms with E-state index in [9.17, 15) is 0 Å². The van der Waals surface area contributed by atoms with E-state index in [-0.39, 0.29) is 6.04 Å². The summed E-state index contributed by atoms with van der Waals surface area (Å²) in [5.41, 5.74) is 8.55. The molecule has 0 aromatic heterocycles. The lowest BCUT2D eigenvalue weighted by Gasteiger charge is -2.11. The van der Waals surface area contributed by atoms with E-state index in [1.54, 1.807) is 0 Å². The van der Waals surface area contributed by atoms with Crippen molar-refractivity contribution in [1.29, 1.82) is 0 Å². The fourth-order valence-electron chi connectivity index (χ4n) is 1.50. The molecule has 0 radical (unpaired) electrons. The number of allylic oxidation sites excluding steroid dienone is 1. The van der Waals surface area contributed by atoms with Crippen LogP contribution in [0, 0.1) is 0 Å². The molecule has 0 aliphatic heterocycles. The fraction of sp³-hybridized carbons (Fsp3) is 0.385. The Kier molecular flexibility index (Phi) is 5.06. The summed E-state index contributed by atoms with van der Waals surface area (Å²) in [5.74, 6) is 0. The first-order chi connectivity index (χ1) is 7.08. The highest BCUT2D eigenvalue weighted by atomic mass is 79.9. The maximum Gasteiger partial charge on any atom is 0.0178 e. The van der Waals surface area contributed by atoms with Gasteiger partial charge in [0.25, 0.3) is 0 Å². The Bertz CT molecular complexity index is 333. The van der Waals surface area contributed by atoms with Crippen LogP contribution in [0.25, 0.3) is 0 Å². The standard InChI is InChI=1S/C13H18BrN/c1-10(2)6-7-13(15)9-11-4-3-5-12(14)8-11/h3-5,8,13H,1,6-7,9,15H2,2H3. The Hall–Kier alpha value is -0.600. The van der Waals surface area contributed by atoms with Crippen LogP contribution in [0.3, 0.4) is 0 Å². The smallest absolute Gasteiger partial charge is 0.0178 e. The largest absolute Gasteiger partial charge is 0.327 e. The zero-order chi connectivity index (χ0) is 11.3. The summed E-state index contributed by atoms with van der Waals surface area (Å²) in [4.78, 5) is 0. The molecule has 1 unspecified atom stereocenters. The Labute approximate surface area is 101 Å². The van der Waals surface area contributed by atoms with E-state index in [1.807, 2.05) is 19.1 Å². The number of nitrogens with two attached hydrogens (primary N) is 1. The van der Waals surface area contributed by atoms with E-state index < -0.39 is 0 Å². The molecule has 1 aromatic carbocycles. The Morgan fingerprint density at radius 1 is 1.53 bits per heavy atom. The molecule has 0 aliphatic rings. The van der Waals surface area contributed by atoms with E-state index in [0.717, 1.165) is 23.7 Å². The van der Waals surface area contributed by atoms with Crippen LogP contribution in [-0.4, -0.2) is 6.04 Å². The molecular weight excluding hydrogens is 250 g/mol. The number of rotatable bonds is 5. The summed E-state index contributed by atoms with van der Waals surface area (Å²) in [6.07, 6.45) is 2.98. The molecule has 0 fully saturated rings. The topological polar surface area (TPSA) is 26.0 Å². The molecule has 0 spiro atoms. The molecule has 1 aromatic rings. The lowest BCUT2D eigenvalue weighted by Crippen LogP contribution is -2.22. The zero-order valence-corrected chi connectivity index (χ0v) is 10.8. The summed E-state index contributed by atoms with van der Waals surface area (Å²) in [6.45, 7) is 5.93. The highest BCUT2D eigenvalue weighted by molar-refractivity contribution is 9.10. The van der Waals surface area contributed by atoms with E-state index in [2.05, 4.69) is 34.6 Å².